The Balaban J connectivity index is 1.70. The molecule has 1 unspecified atom stereocenters. The van der Waals surface area contributed by atoms with E-state index in [-0.39, 0.29) is 5.91 Å². The number of hydrogen-bond donors (Lipinski definition) is 2. The van der Waals surface area contributed by atoms with Gasteiger partial charge < -0.3 is 10.3 Å². The van der Waals surface area contributed by atoms with Gasteiger partial charge in [0.2, 0.25) is 0 Å². The fourth-order valence-electron chi connectivity index (χ4n) is 3.14. The quantitative estimate of drug-likeness (QED) is 0.613. The molecule has 0 radical (unpaired) electrons. The number of amides is 1. The predicted molar refractivity (Wildman–Crippen MR) is 77.2 cm³/mol. The van der Waals surface area contributed by atoms with Crippen LogP contribution in [-0.2, 0) is 0 Å². The minimum atomic E-state index is 0.00678. The van der Waals surface area contributed by atoms with Crippen LogP contribution in [0.15, 0.2) is 18.3 Å². The number of hydrazine groups is 1. The topological polar surface area (TPSA) is 74.5 Å². The SMILES string of the molecule is NNc1ccnc(C(=O)N2CCN3CCCCC3C2)c1. The van der Waals surface area contributed by atoms with E-state index in [0.717, 1.165) is 19.6 Å². The Morgan fingerprint density at radius 2 is 2.25 bits per heavy atom. The van der Waals surface area contributed by atoms with E-state index in [4.69, 9.17) is 5.84 Å². The summed E-state index contributed by atoms with van der Waals surface area (Å²) in [5.41, 5.74) is 3.72. The van der Waals surface area contributed by atoms with Gasteiger partial charge in [0.05, 0.1) is 5.69 Å². The van der Waals surface area contributed by atoms with Crippen molar-refractivity contribution in [2.75, 3.05) is 31.6 Å². The molecule has 1 amide bonds. The Kier molecular flexibility index (Phi) is 3.84. The van der Waals surface area contributed by atoms with Crippen molar-refractivity contribution in [1.29, 1.82) is 0 Å². The second kappa shape index (κ2) is 5.76. The molecule has 3 rings (SSSR count). The molecule has 2 fully saturated rings. The molecule has 2 aliphatic heterocycles. The van der Waals surface area contributed by atoms with Gasteiger partial charge in [-0.25, -0.2) is 0 Å². The third-order valence-electron chi connectivity index (χ3n) is 4.27. The summed E-state index contributed by atoms with van der Waals surface area (Å²) in [7, 11) is 0. The molecule has 1 atom stereocenters. The van der Waals surface area contributed by atoms with Gasteiger partial charge in [-0.15, -0.1) is 0 Å². The Bertz CT molecular complexity index is 492. The van der Waals surface area contributed by atoms with Crippen molar-refractivity contribution < 1.29 is 4.79 Å². The van der Waals surface area contributed by atoms with Crippen LogP contribution in [0.1, 0.15) is 29.8 Å². The molecule has 3 heterocycles. The lowest BCUT2D eigenvalue weighted by Crippen LogP contribution is -2.56. The van der Waals surface area contributed by atoms with Crippen LogP contribution < -0.4 is 11.3 Å². The number of fused-ring (bicyclic) bond motifs is 1. The number of carbonyl (C=O) groups excluding carboxylic acids is 1. The number of rotatable bonds is 2. The van der Waals surface area contributed by atoms with Crippen LogP contribution in [0.2, 0.25) is 0 Å². The molecule has 0 spiro atoms. The summed E-state index contributed by atoms with van der Waals surface area (Å²) in [5, 5.41) is 0. The molecule has 0 bridgehead atoms. The second-order valence-electron chi connectivity index (χ2n) is 5.51. The highest BCUT2D eigenvalue weighted by Crippen LogP contribution is 2.22. The summed E-state index contributed by atoms with van der Waals surface area (Å²) in [6.07, 6.45) is 5.37. The monoisotopic (exact) mass is 275 g/mol. The molecule has 0 saturated carbocycles. The summed E-state index contributed by atoms with van der Waals surface area (Å²) in [6, 6.07) is 3.98. The highest BCUT2D eigenvalue weighted by molar-refractivity contribution is 5.93. The Hall–Kier alpha value is -1.66. The lowest BCUT2D eigenvalue weighted by molar-refractivity contribution is 0.0368. The highest BCUT2D eigenvalue weighted by Gasteiger charge is 2.31. The molecule has 1 aromatic heterocycles. The molecule has 2 aliphatic rings. The number of carbonyl (C=O) groups is 1. The van der Waals surface area contributed by atoms with Crippen molar-refractivity contribution in [2.45, 2.75) is 25.3 Å². The number of nitrogens with two attached hydrogens (primary N) is 1. The maximum Gasteiger partial charge on any atom is 0.272 e. The van der Waals surface area contributed by atoms with Crippen LogP contribution in [0.25, 0.3) is 0 Å². The number of piperidine rings is 1. The van der Waals surface area contributed by atoms with Crippen molar-refractivity contribution in [1.82, 2.24) is 14.8 Å². The van der Waals surface area contributed by atoms with Crippen LogP contribution in [0.5, 0.6) is 0 Å². The van der Waals surface area contributed by atoms with Gasteiger partial charge in [-0.3, -0.25) is 20.5 Å². The first-order valence-electron chi connectivity index (χ1n) is 7.24. The molecular weight excluding hydrogens is 254 g/mol. The third-order valence-corrected chi connectivity index (χ3v) is 4.27. The molecule has 20 heavy (non-hydrogen) atoms. The molecule has 2 saturated heterocycles. The summed E-state index contributed by atoms with van der Waals surface area (Å²) < 4.78 is 0. The molecule has 6 nitrogen and oxygen atoms in total. The molecule has 1 aromatic rings. The summed E-state index contributed by atoms with van der Waals surface area (Å²) in [5.74, 6) is 5.38. The highest BCUT2D eigenvalue weighted by atomic mass is 16.2. The average Bonchev–Trinajstić information content (AvgIpc) is 2.53. The van der Waals surface area contributed by atoms with E-state index < -0.39 is 0 Å². The predicted octanol–water partition coefficient (Wildman–Crippen LogP) is 0.677. The zero-order chi connectivity index (χ0) is 13.9. The van der Waals surface area contributed by atoms with Crippen molar-refractivity contribution in [3.63, 3.8) is 0 Å². The number of nitrogen functional groups attached to an aromatic ring is 1. The van der Waals surface area contributed by atoms with Crippen molar-refractivity contribution in [3.05, 3.63) is 24.0 Å². The Morgan fingerprint density at radius 3 is 3.10 bits per heavy atom. The normalized spacial score (nSPS) is 23.2. The van der Waals surface area contributed by atoms with E-state index in [9.17, 15) is 4.79 Å². The van der Waals surface area contributed by atoms with Gasteiger partial charge in [-0.05, 0) is 31.5 Å². The standard InChI is InChI=1S/C14H21N5O/c15-17-11-4-5-16-13(9-11)14(20)19-8-7-18-6-2-1-3-12(18)10-19/h4-5,9,12H,1-3,6-8,10,15H2,(H,16,17). The fourth-order valence-corrected chi connectivity index (χ4v) is 3.14. The van der Waals surface area contributed by atoms with Gasteiger partial charge in [0, 0.05) is 31.9 Å². The average molecular weight is 275 g/mol. The lowest BCUT2D eigenvalue weighted by atomic mass is 9.99. The smallest absolute Gasteiger partial charge is 0.272 e. The molecule has 3 N–H and O–H groups in total. The zero-order valence-corrected chi connectivity index (χ0v) is 11.6. The van der Waals surface area contributed by atoms with Gasteiger partial charge >= 0.3 is 0 Å². The van der Waals surface area contributed by atoms with E-state index in [0.29, 0.717) is 17.4 Å². The van der Waals surface area contributed by atoms with Crippen LogP contribution in [0.3, 0.4) is 0 Å². The first-order chi connectivity index (χ1) is 9.78. The van der Waals surface area contributed by atoms with E-state index in [1.165, 1.54) is 25.8 Å². The van der Waals surface area contributed by atoms with E-state index in [1.807, 2.05) is 4.90 Å². The minimum absolute atomic E-state index is 0.00678. The van der Waals surface area contributed by atoms with Gasteiger partial charge in [-0.2, -0.15) is 0 Å². The Labute approximate surface area is 118 Å². The van der Waals surface area contributed by atoms with Crippen LogP contribution in [-0.4, -0.2) is 52.9 Å². The molecular formula is C14H21N5O. The number of nitrogens with one attached hydrogen (secondary N) is 1. The van der Waals surface area contributed by atoms with Crippen LogP contribution >= 0.6 is 0 Å². The van der Waals surface area contributed by atoms with Gasteiger partial charge in [0.25, 0.3) is 5.91 Å². The molecule has 0 aromatic carbocycles. The first-order valence-corrected chi connectivity index (χ1v) is 7.24. The minimum Gasteiger partial charge on any atom is -0.334 e. The molecule has 0 aliphatic carbocycles. The summed E-state index contributed by atoms with van der Waals surface area (Å²) >= 11 is 0. The second-order valence-corrected chi connectivity index (χ2v) is 5.51. The summed E-state index contributed by atoms with van der Waals surface area (Å²) in [6.45, 7) is 3.76. The lowest BCUT2D eigenvalue weighted by Gasteiger charge is -2.43. The zero-order valence-electron chi connectivity index (χ0n) is 11.6. The first kappa shape index (κ1) is 13.3. The number of hydrogen-bond acceptors (Lipinski definition) is 5. The number of pyridine rings is 1. The number of nitrogens with zero attached hydrogens (tertiary/aromatic N) is 3. The maximum absolute atomic E-state index is 12.5. The number of anilines is 1. The molecule has 108 valence electrons. The van der Waals surface area contributed by atoms with Crippen molar-refractivity contribution >= 4 is 11.6 Å². The van der Waals surface area contributed by atoms with E-state index in [2.05, 4.69) is 15.3 Å². The Morgan fingerprint density at radius 1 is 1.35 bits per heavy atom. The van der Waals surface area contributed by atoms with Gasteiger partial charge in [0.15, 0.2) is 0 Å². The van der Waals surface area contributed by atoms with Crippen molar-refractivity contribution in [2.24, 2.45) is 5.84 Å². The maximum atomic E-state index is 12.5. The van der Waals surface area contributed by atoms with E-state index in [1.54, 1.807) is 18.3 Å². The fraction of sp³-hybridized carbons (Fsp3) is 0.571. The van der Waals surface area contributed by atoms with E-state index >= 15 is 0 Å². The third kappa shape index (κ3) is 2.62. The number of aromatic nitrogens is 1. The van der Waals surface area contributed by atoms with Crippen molar-refractivity contribution in [3.8, 4) is 0 Å². The van der Waals surface area contributed by atoms with Gasteiger partial charge in [-0.1, -0.05) is 6.42 Å². The number of piperazine rings is 1. The van der Waals surface area contributed by atoms with Crippen LogP contribution in [0, 0.1) is 0 Å². The largest absolute Gasteiger partial charge is 0.334 e. The van der Waals surface area contributed by atoms with Crippen LogP contribution in [0.4, 0.5) is 5.69 Å². The van der Waals surface area contributed by atoms with Gasteiger partial charge in [0.1, 0.15) is 5.69 Å². The molecule has 6 heteroatoms. The summed E-state index contributed by atoms with van der Waals surface area (Å²) in [4.78, 5) is 21.1.